The van der Waals surface area contributed by atoms with Crippen LogP contribution in [0.2, 0.25) is 0 Å². The standard InChI is InChI=1S/C22H24N6/c1-23-16-7-8-17-18(13-25-20(17)9-16)19-12-24-10-14-11-26-22(28-21(14)19)27-15-5-3-2-4-6-15/h7-13,15,23,25H,2-6H2,1H3,(H,26,27,28). The van der Waals surface area contributed by atoms with Gasteiger partial charge in [-0.3, -0.25) is 4.98 Å². The number of anilines is 2. The van der Waals surface area contributed by atoms with Crippen molar-refractivity contribution in [3.05, 3.63) is 43.0 Å². The molecule has 3 aromatic heterocycles. The van der Waals surface area contributed by atoms with Crippen molar-refractivity contribution in [2.75, 3.05) is 17.7 Å². The minimum Gasteiger partial charge on any atom is -0.388 e. The molecule has 1 fully saturated rings. The molecule has 5 rings (SSSR count). The molecular formula is C22H24N6. The first kappa shape index (κ1) is 17.0. The van der Waals surface area contributed by atoms with Crippen LogP contribution in [0.5, 0.6) is 0 Å². The third-order valence-electron chi connectivity index (χ3n) is 5.69. The maximum Gasteiger partial charge on any atom is 0.223 e. The Morgan fingerprint density at radius 1 is 1.04 bits per heavy atom. The number of fused-ring (bicyclic) bond motifs is 2. The Morgan fingerprint density at radius 2 is 1.93 bits per heavy atom. The van der Waals surface area contributed by atoms with Crippen molar-refractivity contribution in [3.8, 4) is 11.1 Å². The number of aromatic amines is 1. The van der Waals surface area contributed by atoms with Gasteiger partial charge in [-0.2, -0.15) is 0 Å². The average molecular weight is 372 g/mol. The highest BCUT2D eigenvalue weighted by atomic mass is 15.1. The Bertz CT molecular complexity index is 1130. The van der Waals surface area contributed by atoms with Crippen molar-refractivity contribution < 1.29 is 0 Å². The Balaban J connectivity index is 1.58. The molecule has 3 N–H and O–H groups in total. The minimum absolute atomic E-state index is 0.476. The van der Waals surface area contributed by atoms with Gasteiger partial charge in [0.15, 0.2) is 0 Å². The summed E-state index contributed by atoms with van der Waals surface area (Å²) < 4.78 is 0. The molecule has 0 amide bonds. The van der Waals surface area contributed by atoms with E-state index in [-0.39, 0.29) is 0 Å². The monoisotopic (exact) mass is 372 g/mol. The van der Waals surface area contributed by atoms with E-state index in [9.17, 15) is 0 Å². The SMILES string of the molecule is CNc1ccc2c(-c3cncc4cnc(NC5CCCCC5)nc34)c[nH]c2c1. The van der Waals surface area contributed by atoms with Crippen LogP contribution in [0, 0.1) is 0 Å². The van der Waals surface area contributed by atoms with E-state index in [0.717, 1.165) is 38.6 Å². The van der Waals surface area contributed by atoms with Crippen molar-refractivity contribution in [2.45, 2.75) is 38.1 Å². The van der Waals surface area contributed by atoms with Gasteiger partial charge < -0.3 is 15.6 Å². The largest absolute Gasteiger partial charge is 0.388 e. The number of hydrogen-bond acceptors (Lipinski definition) is 5. The first-order chi connectivity index (χ1) is 13.8. The number of nitrogens with one attached hydrogen (secondary N) is 3. The van der Waals surface area contributed by atoms with Crippen LogP contribution in [0.3, 0.4) is 0 Å². The van der Waals surface area contributed by atoms with Gasteiger partial charge in [0, 0.05) is 71.0 Å². The summed E-state index contributed by atoms with van der Waals surface area (Å²) in [7, 11) is 1.93. The summed E-state index contributed by atoms with van der Waals surface area (Å²) >= 11 is 0. The van der Waals surface area contributed by atoms with Gasteiger partial charge in [-0.1, -0.05) is 25.3 Å². The van der Waals surface area contributed by atoms with Crippen molar-refractivity contribution >= 4 is 33.4 Å². The molecule has 0 saturated heterocycles. The van der Waals surface area contributed by atoms with E-state index in [1.165, 1.54) is 32.1 Å². The quantitative estimate of drug-likeness (QED) is 0.472. The summed E-state index contributed by atoms with van der Waals surface area (Å²) in [4.78, 5) is 17.2. The Kier molecular flexibility index (Phi) is 4.31. The normalized spacial score (nSPS) is 15.2. The predicted octanol–water partition coefficient (Wildman–Crippen LogP) is 4.96. The first-order valence-electron chi connectivity index (χ1n) is 9.98. The van der Waals surface area contributed by atoms with Crippen molar-refractivity contribution in [1.82, 2.24) is 19.9 Å². The predicted molar refractivity (Wildman–Crippen MR) is 115 cm³/mol. The average Bonchev–Trinajstić information content (AvgIpc) is 3.17. The first-order valence-corrected chi connectivity index (χ1v) is 9.98. The lowest BCUT2D eigenvalue weighted by molar-refractivity contribution is 0.461. The van der Waals surface area contributed by atoms with E-state index in [1.807, 2.05) is 31.8 Å². The van der Waals surface area contributed by atoms with Crippen molar-refractivity contribution in [3.63, 3.8) is 0 Å². The summed E-state index contributed by atoms with van der Waals surface area (Å²) in [6.45, 7) is 0. The maximum atomic E-state index is 4.88. The second-order valence-corrected chi connectivity index (χ2v) is 7.51. The number of hydrogen-bond donors (Lipinski definition) is 3. The number of aromatic nitrogens is 4. The van der Waals surface area contributed by atoms with Gasteiger partial charge in [0.2, 0.25) is 5.95 Å². The number of pyridine rings is 1. The fourth-order valence-electron chi connectivity index (χ4n) is 4.16. The van der Waals surface area contributed by atoms with E-state index >= 15 is 0 Å². The Morgan fingerprint density at radius 3 is 2.79 bits per heavy atom. The number of H-pyrrole nitrogens is 1. The van der Waals surface area contributed by atoms with Gasteiger partial charge in [0.25, 0.3) is 0 Å². The fourth-order valence-corrected chi connectivity index (χ4v) is 4.16. The molecule has 4 aromatic rings. The molecule has 0 atom stereocenters. The fraction of sp³-hybridized carbons (Fsp3) is 0.318. The molecule has 1 aromatic carbocycles. The lowest BCUT2D eigenvalue weighted by Gasteiger charge is -2.22. The molecular weight excluding hydrogens is 348 g/mol. The molecule has 0 radical (unpaired) electrons. The molecule has 3 heterocycles. The topological polar surface area (TPSA) is 78.5 Å². The molecule has 1 saturated carbocycles. The minimum atomic E-state index is 0.476. The van der Waals surface area contributed by atoms with Gasteiger partial charge in [-0.25, -0.2) is 9.97 Å². The van der Waals surface area contributed by atoms with Crippen LogP contribution in [-0.2, 0) is 0 Å². The highest BCUT2D eigenvalue weighted by molar-refractivity contribution is 6.03. The van der Waals surface area contributed by atoms with Gasteiger partial charge in [0.1, 0.15) is 0 Å². The van der Waals surface area contributed by atoms with Crippen LogP contribution in [-0.4, -0.2) is 33.0 Å². The van der Waals surface area contributed by atoms with Crippen molar-refractivity contribution in [2.24, 2.45) is 0 Å². The number of benzene rings is 1. The molecule has 142 valence electrons. The van der Waals surface area contributed by atoms with Gasteiger partial charge in [0.05, 0.1) is 5.52 Å². The molecule has 0 bridgehead atoms. The Labute approximate surface area is 163 Å². The van der Waals surface area contributed by atoms with E-state index in [1.54, 1.807) is 0 Å². The van der Waals surface area contributed by atoms with Gasteiger partial charge in [-0.05, 0) is 25.0 Å². The third kappa shape index (κ3) is 3.05. The summed E-state index contributed by atoms with van der Waals surface area (Å²) in [6.07, 6.45) is 13.9. The summed E-state index contributed by atoms with van der Waals surface area (Å²) in [6, 6.07) is 6.81. The van der Waals surface area contributed by atoms with E-state index in [4.69, 9.17) is 4.98 Å². The second-order valence-electron chi connectivity index (χ2n) is 7.51. The number of rotatable bonds is 4. The molecule has 0 spiro atoms. The highest BCUT2D eigenvalue weighted by Crippen LogP contribution is 2.33. The summed E-state index contributed by atoms with van der Waals surface area (Å²) in [5.41, 5.74) is 5.24. The van der Waals surface area contributed by atoms with E-state index < -0.39 is 0 Å². The second kappa shape index (κ2) is 7.11. The zero-order valence-corrected chi connectivity index (χ0v) is 16.0. The molecule has 0 unspecified atom stereocenters. The molecule has 1 aliphatic rings. The van der Waals surface area contributed by atoms with Crippen LogP contribution in [0.25, 0.3) is 32.9 Å². The maximum absolute atomic E-state index is 4.88. The van der Waals surface area contributed by atoms with Crippen LogP contribution in [0.15, 0.2) is 43.0 Å². The highest BCUT2D eigenvalue weighted by Gasteiger charge is 2.16. The molecule has 28 heavy (non-hydrogen) atoms. The summed E-state index contributed by atoms with van der Waals surface area (Å²) in [5.74, 6) is 0.712. The van der Waals surface area contributed by atoms with Crippen LogP contribution >= 0.6 is 0 Å². The summed E-state index contributed by atoms with van der Waals surface area (Å²) in [5, 5.41) is 8.83. The number of nitrogens with zero attached hydrogens (tertiary/aromatic N) is 3. The Hall–Kier alpha value is -3.15. The van der Waals surface area contributed by atoms with Crippen molar-refractivity contribution in [1.29, 1.82) is 0 Å². The molecule has 6 nitrogen and oxygen atoms in total. The zero-order chi connectivity index (χ0) is 18.9. The zero-order valence-electron chi connectivity index (χ0n) is 16.0. The van der Waals surface area contributed by atoms with Crippen LogP contribution in [0.1, 0.15) is 32.1 Å². The lowest BCUT2D eigenvalue weighted by Crippen LogP contribution is -2.23. The smallest absolute Gasteiger partial charge is 0.223 e. The van der Waals surface area contributed by atoms with Gasteiger partial charge >= 0.3 is 0 Å². The van der Waals surface area contributed by atoms with E-state index in [0.29, 0.717) is 12.0 Å². The third-order valence-corrected chi connectivity index (χ3v) is 5.69. The van der Waals surface area contributed by atoms with Gasteiger partial charge in [-0.15, -0.1) is 0 Å². The lowest BCUT2D eigenvalue weighted by atomic mass is 9.96. The van der Waals surface area contributed by atoms with Crippen LogP contribution < -0.4 is 10.6 Å². The van der Waals surface area contributed by atoms with E-state index in [2.05, 4.69) is 43.8 Å². The molecule has 1 aliphatic carbocycles. The molecule has 6 heteroatoms. The molecule has 0 aliphatic heterocycles. The van der Waals surface area contributed by atoms with Crippen LogP contribution in [0.4, 0.5) is 11.6 Å².